The largest absolute Gasteiger partial charge is 0.350 e. The molecular weight excluding hydrogens is 438 g/mol. The summed E-state index contributed by atoms with van der Waals surface area (Å²) in [7, 11) is 2.03. The molecule has 0 bridgehead atoms. The van der Waals surface area contributed by atoms with E-state index in [0.29, 0.717) is 16.7 Å². The molecule has 0 unspecified atom stereocenters. The quantitative estimate of drug-likeness (QED) is 0.344. The van der Waals surface area contributed by atoms with Crippen LogP contribution in [-0.2, 0) is 7.05 Å². The highest BCUT2D eigenvalue weighted by atomic mass is 79.9. The number of halogens is 1. The maximum Gasteiger partial charge on any atom is 0.266 e. The number of hydrogen-bond donors (Lipinski definition) is 0. The van der Waals surface area contributed by atoms with Gasteiger partial charge in [0.1, 0.15) is 5.82 Å². The second-order valence-electron chi connectivity index (χ2n) is 7.15. The molecule has 2 heterocycles. The number of fused-ring (bicyclic) bond motifs is 2. The lowest BCUT2D eigenvalue weighted by atomic mass is 10.1. The Labute approximate surface area is 181 Å². The molecule has 0 saturated heterocycles. The molecule has 4 nitrogen and oxygen atoms in total. The molecule has 146 valence electrons. The average molecular weight is 456 g/mol. The van der Waals surface area contributed by atoms with Crippen LogP contribution in [0.1, 0.15) is 11.4 Å². The molecule has 5 aromatic rings. The minimum Gasteiger partial charge on any atom is -0.350 e. The SMILES string of the molecule is Cn1cc(/C=C/c2nc3ccccc3c(=O)n2-c2ccc(Br)cc2)c2ccccc21. The summed E-state index contributed by atoms with van der Waals surface area (Å²) in [4.78, 5) is 18.1. The Morgan fingerprint density at radius 3 is 2.37 bits per heavy atom. The summed E-state index contributed by atoms with van der Waals surface area (Å²) >= 11 is 3.46. The van der Waals surface area contributed by atoms with E-state index >= 15 is 0 Å². The first-order valence-electron chi connectivity index (χ1n) is 9.62. The summed E-state index contributed by atoms with van der Waals surface area (Å²) in [5, 5.41) is 1.76. The number of hydrogen-bond acceptors (Lipinski definition) is 2. The first-order valence-corrected chi connectivity index (χ1v) is 10.4. The minimum atomic E-state index is -0.0829. The molecule has 0 saturated carbocycles. The van der Waals surface area contributed by atoms with Crippen LogP contribution in [0, 0.1) is 0 Å². The van der Waals surface area contributed by atoms with Crippen molar-refractivity contribution in [2.45, 2.75) is 0 Å². The highest BCUT2D eigenvalue weighted by molar-refractivity contribution is 9.10. The number of para-hydroxylation sites is 2. The molecule has 0 aliphatic carbocycles. The van der Waals surface area contributed by atoms with Crippen LogP contribution >= 0.6 is 15.9 Å². The Morgan fingerprint density at radius 2 is 1.57 bits per heavy atom. The van der Waals surface area contributed by atoms with Gasteiger partial charge in [-0.1, -0.05) is 46.3 Å². The van der Waals surface area contributed by atoms with Crippen LogP contribution in [-0.4, -0.2) is 14.1 Å². The number of aryl methyl sites for hydroxylation is 1. The maximum absolute atomic E-state index is 13.3. The number of rotatable bonds is 3. The molecule has 0 radical (unpaired) electrons. The van der Waals surface area contributed by atoms with E-state index in [-0.39, 0.29) is 5.56 Å². The van der Waals surface area contributed by atoms with Crippen molar-refractivity contribution in [1.82, 2.24) is 14.1 Å². The van der Waals surface area contributed by atoms with Crippen molar-refractivity contribution in [2.75, 3.05) is 0 Å². The van der Waals surface area contributed by atoms with Gasteiger partial charge in [0.15, 0.2) is 0 Å². The lowest BCUT2D eigenvalue weighted by Crippen LogP contribution is -2.22. The van der Waals surface area contributed by atoms with Crippen molar-refractivity contribution >= 4 is 49.9 Å². The monoisotopic (exact) mass is 455 g/mol. The van der Waals surface area contributed by atoms with E-state index in [1.54, 1.807) is 4.57 Å². The Hall–Kier alpha value is -3.44. The molecule has 5 heteroatoms. The fourth-order valence-corrected chi connectivity index (χ4v) is 4.04. The van der Waals surface area contributed by atoms with Gasteiger partial charge in [-0.2, -0.15) is 0 Å². The average Bonchev–Trinajstić information content (AvgIpc) is 3.09. The standard InChI is InChI=1S/C25H18BrN3O/c1-28-16-17(20-6-3-5-9-23(20)28)10-15-24-27-22-8-4-2-7-21(22)25(30)29(24)19-13-11-18(26)12-14-19/h2-16H,1H3/b15-10+. The van der Waals surface area contributed by atoms with Crippen molar-refractivity contribution in [3.05, 3.63) is 105 Å². The van der Waals surface area contributed by atoms with Gasteiger partial charge in [0, 0.05) is 34.2 Å². The lowest BCUT2D eigenvalue weighted by Gasteiger charge is -2.11. The summed E-state index contributed by atoms with van der Waals surface area (Å²) in [6.07, 6.45) is 6.02. The fourth-order valence-electron chi connectivity index (χ4n) is 3.77. The first kappa shape index (κ1) is 18.6. The van der Waals surface area contributed by atoms with Gasteiger partial charge in [0.25, 0.3) is 5.56 Å². The first-order chi connectivity index (χ1) is 14.6. The third kappa shape index (κ3) is 3.17. The van der Waals surface area contributed by atoms with Gasteiger partial charge in [-0.25, -0.2) is 4.98 Å². The van der Waals surface area contributed by atoms with Gasteiger partial charge in [0.05, 0.1) is 16.6 Å². The second-order valence-corrected chi connectivity index (χ2v) is 8.07. The predicted molar refractivity (Wildman–Crippen MR) is 127 cm³/mol. The zero-order valence-corrected chi connectivity index (χ0v) is 17.9. The van der Waals surface area contributed by atoms with Crippen molar-refractivity contribution in [3.63, 3.8) is 0 Å². The molecule has 30 heavy (non-hydrogen) atoms. The summed E-state index contributed by atoms with van der Waals surface area (Å²) in [6.45, 7) is 0. The van der Waals surface area contributed by atoms with Crippen LogP contribution in [0.4, 0.5) is 0 Å². The Bertz CT molecular complexity index is 1480. The number of nitrogens with zero attached hydrogens (tertiary/aromatic N) is 3. The van der Waals surface area contributed by atoms with Crippen molar-refractivity contribution in [3.8, 4) is 5.69 Å². The highest BCUT2D eigenvalue weighted by Gasteiger charge is 2.11. The van der Waals surface area contributed by atoms with Gasteiger partial charge in [-0.05, 0) is 54.6 Å². The minimum absolute atomic E-state index is 0.0829. The van der Waals surface area contributed by atoms with Crippen LogP contribution in [0.25, 0.3) is 39.6 Å². The molecule has 0 spiro atoms. The Morgan fingerprint density at radius 1 is 0.867 bits per heavy atom. The van der Waals surface area contributed by atoms with Crippen LogP contribution in [0.3, 0.4) is 0 Å². The molecule has 0 aliphatic heterocycles. The molecule has 0 fully saturated rings. The van der Waals surface area contributed by atoms with Crippen LogP contribution < -0.4 is 5.56 Å². The molecular formula is C25H18BrN3O. The van der Waals surface area contributed by atoms with E-state index in [9.17, 15) is 4.79 Å². The van der Waals surface area contributed by atoms with Crippen molar-refractivity contribution < 1.29 is 0 Å². The van der Waals surface area contributed by atoms with Crippen molar-refractivity contribution in [1.29, 1.82) is 0 Å². The van der Waals surface area contributed by atoms with Gasteiger partial charge in [0.2, 0.25) is 0 Å². The Balaban J connectivity index is 1.73. The van der Waals surface area contributed by atoms with E-state index in [0.717, 1.165) is 26.6 Å². The molecule has 0 N–H and O–H groups in total. The third-order valence-corrected chi connectivity index (χ3v) is 5.75. The topological polar surface area (TPSA) is 39.8 Å². The van der Waals surface area contributed by atoms with Gasteiger partial charge in [-0.15, -0.1) is 0 Å². The molecule has 3 aromatic carbocycles. The molecule has 0 atom stereocenters. The summed E-state index contributed by atoms with van der Waals surface area (Å²) in [5.41, 5.74) is 3.62. The number of aromatic nitrogens is 3. The van der Waals surface area contributed by atoms with E-state index in [1.807, 2.05) is 79.9 Å². The lowest BCUT2D eigenvalue weighted by molar-refractivity contribution is 0.943. The molecule has 5 rings (SSSR count). The zero-order valence-electron chi connectivity index (χ0n) is 16.3. The fraction of sp³-hybridized carbons (Fsp3) is 0.0400. The zero-order chi connectivity index (χ0) is 20.7. The van der Waals surface area contributed by atoms with E-state index < -0.39 is 0 Å². The van der Waals surface area contributed by atoms with Crippen LogP contribution in [0.15, 0.2) is 88.3 Å². The summed E-state index contributed by atoms with van der Waals surface area (Å²) in [5.74, 6) is 0.592. The van der Waals surface area contributed by atoms with E-state index in [4.69, 9.17) is 4.98 Å². The second kappa shape index (κ2) is 7.43. The summed E-state index contributed by atoms with van der Waals surface area (Å²) in [6, 6.07) is 23.4. The Kier molecular flexibility index (Phi) is 4.60. The number of benzene rings is 3. The van der Waals surface area contributed by atoms with Crippen LogP contribution in [0.5, 0.6) is 0 Å². The van der Waals surface area contributed by atoms with Crippen LogP contribution in [0.2, 0.25) is 0 Å². The smallest absolute Gasteiger partial charge is 0.266 e. The third-order valence-electron chi connectivity index (χ3n) is 5.23. The highest BCUT2D eigenvalue weighted by Crippen LogP contribution is 2.23. The molecule has 0 amide bonds. The maximum atomic E-state index is 13.3. The van der Waals surface area contributed by atoms with E-state index in [2.05, 4.69) is 38.8 Å². The molecule has 0 aliphatic rings. The normalized spacial score (nSPS) is 11.7. The van der Waals surface area contributed by atoms with Gasteiger partial charge < -0.3 is 4.57 Å². The van der Waals surface area contributed by atoms with Gasteiger partial charge in [-0.3, -0.25) is 9.36 Å². The molecule has 2 aromatic heterocycles. The summed E-state index contributed by atoms with van der Waals surface area (Å²) < 4.78 is 4.72. The van der Waals surface area contributed by atoms with Gasteiger partial charge >= 0.3 is 0 Å². The van der Waals surface area contributed by atoms with E-state index in [1.165, 1.54) is 0 Å². The van der Waals surface area contributed by atoms with Crippen molar-refractivity contribution in [2.24, 2.45) is 7.05 Å². The predicted octanol–water partition coefficient (Wildman–Crippen LogP) is 5.81.